The Balaban J connectivity index is 0.00000176. The molecule has 1 aromatic rings. The second-order valence-corrected chi connectivity index (χ2v) is 6.35. The maximum absolute atomic E-state index is 12.5. The van der Waals surface area contributed by atoms with Crippen molar-refractivity contribution < 1.29 is 4.79 Å². The maximum atomic E-state index is 12.5. The second kappa shape index (κ2) is 8.54. The number of hydrogen-bond acceptors (Lipinski definition) is 2. The number of nitrogens with one attached hydrogen (secondary N) is 1. The Bertz CT molecular complexity index is 460. The van der Waals surface area contributed by atoms with Gasteiger partial charge in [0.15, 0.2) is 0 Å². The summed E-state index contributed by atoms with van der Waals surface area (Å²) in [4.78, 5) is 14.5. The van der Waals surface area contributed by atoms with Crippen LogP contribution in [0.3, 0.4) is 0 Å². The van der Waals surface area contributed by atoms with Crippen molar-refractivity contribution in [2.24, 2.45) is 0 Å². The average Bonchev–Trinajstić information content (AvgIpc) is 2.84. The van der Waals surface area contributed by atoms with Crippen LogP contribution < -0.4 is 5.32 Å². The molecule has 0 bridgehead atoms. The first kappa shape index (κ1) is 17.3. The highest BCUT2D eigenvalue weighted by Crippen LogP contribution is 2.32. The molecule has 0 aromatic heterocycles. The summed E-state index contributed by atoms with van der Waals surface area (Å²) < 4.78 is 0. The van der Waals surface area contributed by atoms with Crippen molar-refractivity contribution >= 4 is 18.3 Å². The van der Waals surface area contributed by atoms with Crippen molar-refractivity contribution in [1.82, 2.24) is 10.2 Å². The molecule has 1 aliphatic heterocycles. The van der Waals surface area contributed by atoms with Crippen LogP contribution >= 0.6 is 12.4 Å². The molecular weight excluding hydrogens is 296 g/mol. The summed E-state index contributed by atoms with van der Waals surface area (Å²) in [6, 6.07) is 8.42. The molecule has 1 amide bonds. The van der Waals surface area contributed by atoms with E-state index in [2.05, 4.69) is 17.4 Å². The van der Waals surface area contributed by atoms with Gasteiger partial charge in [-0.25, -0.2) is 0 Å². The molecule has 3 rings (SSSR count). The van der Waals surface area contributed by atoms with E-state index in [0.29, 0.717) is 5.92 Å². The lowest BCUT2D eigenvalue weighted by Crippen LogP contribution is -2.34. The Hall–Kier alpha value is -1.06. The van der Waals surface area contributed by atoms with E-state index in [1.165, 1.54) is 37.7 Å². The molecule has 1 aliphatic carbocycles. The first-order valence-corrected chi connectivity index (χ1v) is 8.44. The molecule has 22 heavy (non-hydrogen) atoms. The minimum absolute atomic E-state index is 0. The highest BCUT2D eigenvalue weighted by molar-refractivity contribution is 5.94. The lowest BCUT2D eigenvalue weighted by Gasteiger charge is -2.23. The predicted octanol–water partition coefficient (Wildman–Crippen LogP) is 3.59. The van der Waals surface area contributed by atoms with E-state index < -0.39 is 0 Å². The zero-order valence-corrected chi connectivity index (χ0v) is 14.0. The van der Waals surface area contributed by atoms with Gasteiger partial charge in [-0.1, -0.05) is 31.4 Å². The number of carbonyl (C=O) groups excluding carboxylic acids is 1. The first-order valence-electron chi connectivity index (χ1n) is 8.44. The Morgan fingerprint density at radius 1 is 0.955 bits per heavy atom. The molecule has 3 nitrogen and oxygen atoms in total. The average molecular weight is 323 g/mol. The van der Waals surface area contributed by atoms with Crippen molar-refractivity contribution in [2.45, 2.75) is 44.4 Å². The highest BCUT2D eigenvalue weighted by atomic mass is 35.5. The van der Waals surface area contributed by atoms with Crippen LogP contribution in [0.5, 0.6) is 0 Å². The fourth-order valence-corrected chi connectivity index (χ4v) is 3.57. The fraction of sp³-hybridized carbons (Fsp3) is 0.611. The van der Waals surface area contributed by atoms with Crippen LogP contribution in [-0.2, 0) is 0 Å². The van der Waals surface area contributed by atoms with E-state index in [0.717, 1.165) is 38.2 Å². The van der Waals surface area contributed by atoms with E-state index in [4.69, 9.17) is 0 Å². The summed E-state index contributed by atoms with van der Waals surface area (Å²) in [5.41, 5.74) is 2.26. The van der Waals surface area contributed by atoms with E-state index >= 15 is 0 Å². The number of benzene rings is 1. The SMILES string of the molecule is Cl.O=C(c1ccc(C2CCCCC2)cc1)N1CCCNCC1. The Labute approximate surface area is 139 Å². The molecule has 0 atom stereocenters. The molecule has 0 unspecified atom stereocenters. The van der Waals surface area contributed by atoms with Gasteiger partial charge in [0.1, 0.15) is 0 Å². The summed E-state index contributed by atoms with van der Waals surface area (Å²) in [6.07, 6.45) is 7.76. The predicted molar refractivity (Wildman–Crippen MR) is 92.9 cm³/mol. The van der Waals surface area contributed by atoms with Crippen LogP contribution in [0.15, 0.2) is 24.3 Å². The zero-order valence-electron chi connectivity index (χ0n) is 13.2. The van der Waals surface area contributed by atoms with Gasteiger partial charge in [-0.2, -0.15) is 0 Å². The molecule has 4 heteroatoms. The zero-order chi connectivity index (χ0) is 14.5. The monoisotopic (exact) mass is 322 g/mol. The van der Waals surface area contributed by atoms with Crippen LogP contribution in [-0.4, -0.2) is 37.0 Å². The molecule has 1 N–H and O–H groups in total. The van der Waals surface area contributed by atoms with Crippen molar-refractivity contribution in [3.8, 4) is 0 Å². The molecule has 1 saturated carbocycles. The van der Waals surface area contributed by atoms with Crippen LogP contribution in [0.2, 0.25) is 0 Å². The van der Waals surface area contributed by atoms with Crippen molar-refractivity contribution in [2.75, 3.05) is 26.2 Å². The van der Waals surface area contributed by atoms with Gasteiger partial charge in [-0.3, -0.25) is 4.79 Å². The van der Waals surface area contributed by atoms with Crippen molar-refractivity contribution in [3.05, 3.63) is 35.4 Å². The standard InChI is InChI=1S/C18H26N2O.ClH/c21-18(20-13-4-11-19-12-14-20)17-9-7-16(8-10-17)15-5-2-1-3-6-15;/h7-10,15,19H,1-6,11-14H2;1H. The largest absolute Gasteiger partial charge is 0.337 e. The smallest absolute Gasteiger partial charge is 0.253 e. The topological polar surface area (TPSA) is 32.3 Å². The third-order valence-corrected chi connectivity index (χ3v) is 4.86. The normalized spacial score (nSPS) is 20.1. The summed E-state index contributed by atoms with van der Waals surface area (Å²) in [5, 5.41) is 3.34. The number of rotatable bonds is 2. The van der Waals surface area contributed by atoms with Crippen molar-refractivity contribution in [1.29, 1.82) is 0 Å². The van der Waals surface area contributed by atoms with Gasteiger partial charge in [0.2, 0.25) is 0 Å². The summed E-state index contributed by atoms with van der Waals surface area (Å²) in [7, 11) is 0. The summed E-state index contributed by atoms with van der Waals surface area (Å²) >= 11 is 0. The van der Waals surface area contributed by atoms with Crippen LogP contribution in [0.4, 0.5) is 0 Å². The number of halogens is 1. The summed E-state index contributed by atoms with van der Waals surface area (Å²) in [5.74, 6) is 0.902. The van der Waals surface area contributed by atoms with Gasteiger partial charge in [0.05, 0.1) is 0 Å². The number of amides is 1. The molecule has 1 heterocycles. The van der Waals surface area contributed by atoms with Crippen LogP contribution in [0.25, 0.3) is 0 Å². The lowest BCUT2D eigenvalue weighted by molar-refractivity contribution is 0.0766. The quantitative estimate of drug-likeness (QED) is 0.902. The van der Waals surface area contributed by atoms with Crippen LogP contribution in [0.1, 0.15) is 60.4 Å². The third-order valence-electron chi connectivity index (χ3n) is 4.86. The molecule has 1 aromatic carbocycles. The minimum Gasteiger partial charge on any atom is -0.337 e. The molecule has 1 saturated heterocycles. The maximum Gasteiger partial charge on any atom is 0.253 e. The van der Waals surface area contributed by atoms with E-state index in [-0.39, 0.29) is 18.3 Å². The fourth-order valence-electron chi connectivity index (χ4n) is 3.57. The molecule has 2 aliphatic rings. The van der Waals surface area contributed by atoms with Gasteiger partial charge in [-0.05, 0) is 49.4 Å². The Kier molecular flexibility index (Phi) is 6.71. The highest BCUT2D eigenvalue weighted by Gasteiger charge is 2.19. The van der Waals surface area contributed by atoms with Gasteiger partial charge in [0.25, 0.3) is 5.91 Å². The van der Waals surface area contributed by atoms with E-state index in [1.54, 1.807) is 0 Å². The first-order chi connectivity index (χ1) is 10.3. The number of nitrogens with zero attached hydrogens (tertiary/aromatic N) is 1. The number of carbonyl (C=O) groups is 1. The minimum atomic E-state index is 0. The molecule has 122 valence electrons. The van der Waals surface area contributed by atoms with Gasteiger partial charge in [0, 0.05) is 25.2 Å². The van der Waals surface area contributed by atoms with Crippen LogP contribution in [0, 0.1) is 0 Å². The summed E-state index contributed by atoms with van der Waals surface area (Å²) in [6.45, 7) is 3.62. The van der Waals surface area contributed by atoms with Gasteiger partial charge in [-0.15, -0.1) is 12.4 Å². The van der Waals surface area contributed by atoms with E-state index in [1.807, 2.05) is 17.0 Å². The van der Waals surface area contributed by atoms with Gasteiger partial charge < -0.3 is 10.2 Å². The van der Waals surface area contributed by atoms with Gasteiger partial charge >= 0.3 is 0 Å². The molecule has 2 fully saturated rings. The Morgan fingerprint density at radius 3 is 2.41 bits per heavy atom. The third kappa shape index (κ3) is 4.23. The Morgan fingerprint density at radius 2 is 1.68 bits per heavy atom. The lowest BCUT2D eigenvalue weighted by atomic mass is 9.84. The molecule has 0 radical (unpaired) electrons. The van der Waals surface area contributed by atoms with Crippen molar-refractivity contribution in [3.63, 3.8) is 0 Å². The molecule has 0 spiro atoms. The second-order valence-electron chi connectivity index (χ2n) is 6.35. The van der Waals surface area contributed by atoms with E-state index in [9.17, 15) is 4.79 Å². The number of hydrogen-bond donors (Lipinski definition) is 1. The molecular formula is C18H27ClN2O.